The lowest BCUT2D eigenvalue weighted by Gasteiger charge is -2.64. The van der Waals surface area contributed by atoms with Gasteiger partial charge in [0.2, 0.25) is 9.90 Å². The second-order valence-electron chi connectivity index (χ2n) is 19.1. The second-order valence-corrected chi connectivity index (χ2v) is 21.6. The predicted molar refractivity (Wildman–Crippen MR) is 250 cm³/mol. The number of rotatable bonds is 13. The molecule has 11 atom stereocenters. The summed E-state index contributed by atoms with van der Waals surface area (Å²) in [6.07, 6.45) is -10.6. The molecule has 1 aliphatic heterocycles. The van der Waals surface area contributed by atoms with Crippen LogP contribution in [0, 0.1) is 22.7 Å². The molecule has 2 N–H and O–H groups in total. The summed E-state index contributed by atoms with van der Waals surface area (Å²) in [6.45, 7) is 5.76. The zero-order chi connectivity index (χ0) is 51.3. The van der Waals surface area contributed by atoms with Gasteiger partial charge in [0.15, 0.2) is 17.5 Å². The van der Waals surface area contributed by atoms with Crippen molar-refractivity contribution in [2.75, 3.05) is 13.2 Å². The SMILES string of the molecule is CC(=O)O[C@H]1C(=O)C23C[C@H]2CC2OC[C@@]2(OC(C)=O)C3C(OC(=O)c2ccccc2)[C@]2(O)CC(OC(=O)C(OC(=O)OCC(Cl)(Cl)Cl)[C@@H](NC(=O)OCc3ccccc3)c3ccccc3)C(C)=C1C2(C)C. The number of hydrogen-bond acceptors (Lipinski definition) is 16. The van der Waals surface area contributed by atoms with Gasteiger partial charge in [-0.15, -0.1) is 0 Å². The Labute approximate surface area is 423 Å². The fourth-order valence-electron chi connectivity index (χ4n) is 11.3. The number of carbonyl (C=O) groups is 7. The third-order valence-electron chi connectivity index (χ3n) is 14.6. The van der Waals surface area contributed by atoms with Gasteiger partial charge in [-0.3, -0.25) is 14.4 Å². The van der Waals surface area contributed by atoms with E-state index in [9.17, 15) is 29.1 Å². The van der Waals surface area contributed by atoms with Gasteiger partial charge in [-0.05, 0) is 60.1 Å². The van der Waals surface area contributed by atoms with Crippen LogP contribution in [0.4, 0.5) is 9.59 Å². The Morgan fingerprint density at radius 3 is 2.07 bits per heavy atom. The molecule has 0 aromatic heterocycles. The number of esters is 4. The van der Waals surface area contributed by atoms with Crippen molar-refractivity contribution < 1.29 is 76.6 Å². The topological polar surface area (TPSA) is 226 Å². The molecule has 6 unspecified atom stereocenters. The number of halogens is 3. The fourth-order valence-corrected chi connectivity index (χ4v) is 11.4. The Morgan fingerprint density at radius 2 is 1.48 bits per heavy atom. The maximum absolute atomic E-state index is 15.7. The fraction of sp³-hybridized carbons (Fsp3) is 0.471. The first-order valence-electron chi connectivity index (χ1n) is 22.9. The molecule has 4 aliphatic carbocycles. The molecule has 71 heavy (non-hydrogen) atoms. The van der Waals surface area contributed by atoms with Crippen LogP contribution >= 0.6 is 34.8 Å². The van der Waals surface area contributed by atoms with Crippen molar-refractivity contribution in [3.63, 3.8) is 0 Å². The lowest BCUT2D eigenvalue weighted by atomic mass is 9.48. The molecule has 4 fully saturated rings. The van der Waals surface area contributed by atoms with Crippen LogP contribution in [-0.4, -0.2) is 106 Å². The van der Waals surface area contributed by atoms with Gasteiger partial charge < -0.3 is 48.3 Å². The van der Waals surface area contributed by atoms with Crippen molar-refractivity contribution in [1.82, 2.24) is 5.32 Å². The number of nitrogens with one attached hydrogen (secondary N) is 1. The van der Waals surface area contributed by atoms with Gasteiger partial charge in [-0.25, -0.2) is 19.2 Å². The minimum absolute atomic E-state index is 0.0405. The zero-order valence-electron chi connectivity index (χ0n) is 39.2. The first kappa shape index (κ1) is 51.6. The highest BCUT2D eigenvalue weighted by Gasteiger charge is 2.84. The number of benzene rings is 3. The standard InChI is InChI=1S/C51H52Cl3NO16/c1-27-34(68-44(60)39(69-46(62)66-26-51(52,53)54)37(31-17-11-7-12-18-31)55-45(61)64-24-30-15-9-6-10-16-30)23-50(63)42(70-43(59)32-19-13-8-14-20-32)40-48(41(58)38(67-28(2)56)36(27)47(50,4)5)22-33(48)21-35-49(40,25-65-35)71-29(3)57/h6-20,33-35,37-40,42,63H,21-26H2,1-5H3,(H,55,61)/t33-,34?,35?,37+,38-,39?,40?,42?,48?,49+,50-/m1/s1. The Kier molecular flexibility index (Phi) is 14.3. The predicted octanol–water partition coefficient (Wildman–Crippen LogP) is 7.40. The minimum atomic E-state index is -2.37. The second kappa shape index (κ2) is 19.7. The highest BCUT2D eigenvalue weighted by Crippen LogP contribution is 2.74. The Morgan fingerprint density at radius 1 is 0.845 bits per heavy atom. The molecule has 1 heterocycles. The summed E-state index contributed by atoms with van der Waals surface area (Å²) in [6, 6.07) is 23.0. The maximum Gasteiger partial charge on any atom is 0.509 e. The van der Waals surface area contributed by atoms with Crippen LogP contribution in [0.3, 0.4) is 0 Å². The number of ether oxygens (including phenoxy) is 8. The highest BCUT2D eigenvalue weighted by atomic mass is 35.6. The summed E-state index contributed by atoms with van der Waals surface area (Å²) in [7, 11) is 0. The van der Waals surface area contributed by atoms with Crippen LogP contribution in [0.5, 0.6) is 0 Å². The molecule has 2 bridgehead atoms. The molecule has 3 aromatic rings. The monoisotopic (exact) mass is 1040 g/mol. The number of carbonyl (C=O) groups excluding carboxylic acids is 7. The molecule has 5 aliphatic rings. The zero-order valence-corrected chi connectivity index (χ0v) is 41.5. The molecule has 1 spiro atoms. The quantitative estimate of drug-likeness (QED) is 0.0736. The Balaban J connectivity index is 1.25. The number of aliphatic hydroxyl groups is 1. The summed E-state index contributed by atoms with van der Waals surface area (Å²) < 4.78 is 45.1. The summed E-state index contributed by atoms with van der Waals surface area (Å²) in [5.41, 5.74) is -6.01. The van der Waals surface area contributed by atoms with Gasteiger partial charge >= 0.3 is 36.1 Å². The van der Waals surface area contributed by atoms with Crippen molar-refractivity contribution in [2.24, 2.45) is 22.7 Å². The van der Waals surface area contributed by atoms with E-state index in [0.717, 1.165) is 6.92 Å². The number of alkyl carbamates (subject to hydrolysis) is 1. The summed E-state index contributed by atoms with van der Waals surface area (Å²) >= 11 is 17.6. The highest BCUT2D eigenvalue weighted by molar-refractivity contribution is 6.67. The minimum Gasteiger partial charge on any atom is -0.455 e. The van der Waals surface area contributed by atoms with Crippen molar-refractivity contribution in [1.29, 1.82) is 0 Å². The van der Waals surface area contributed by atoms with Crippen molar-refractivity contribution in [3.8, 4) is 0 Å². The van der Waals surface area contributed by atoms with Gasteiger partial charge in [0.05, 0.1) is 18.1 Å². The molecule has 378 valence electrons. The Hall–Kier alpha value is -5.72. The van der Waals surface area contributed by atoms with Crippen LogP contribution in [0.2, 0.25) is 0 Å². The van der Waals surface area contributed by atoms with Crippen LogP contribution in [-0.2, 0) is 63.7 Å². The maximum atomic E-state index is 15.7. The number of fused-ring (bicyclic) bond motifs is 4. The van der Waals surface area contributed by atoms with E-state index in [1.807, 2.05) is 0 Å². The van der Waals surface area contributed by atoms with Crippen LogP contribution in [0.15, 0.2) is 102 Å². The smallest absolute Gasteiger partial charge is 0.455 e. The van der Waals surface area contributed by atoms with E-state index in [2.05, 4.69) is 5.32 Å². The normalized spacial score (nSPS) is 29.8. The van der Waals surface area contributed by atoms with E-state index in [4.69, 9.17) is 72.7 Å². The summed E-state index contributed by atoms with van der Waals surface area (Å²) in [5, 5.41) is 16.5. The van der Waals surface area contributed by atoms with Crippen molar-refractivity contribution in [3.05, 3.63) is 119 Å². The van der Waals surface area contributed by atoms with E-state index in [1.54, 1.807) is 80.6 Å². The van der Waals surface area contributed by atoms with E-state index >= 15 is 9.59 Å². The number of Topliss-reactive ketones (excluding diaryl/α,β-unsaturated/α-hetero) is 1. The van der Waals surface area contributed by atoms with E-state index < -0.39 is 129 Å². The molecule has 3 aromatic carbocycles. The first-order valence-corrected chi connectivity index (χ1v) is 24.0. The van der Waals surface area contributed by atoms with Crippen LogP contribution < -0.4 is 5.32 Å². The number of alkyl halides is 3. The third-order valence-corrected chi connectivity index (χ3v) is 14.9. The van der Waals surface area contributed by atoms with Gasteiger partial charge in [0.1, 0.15) is 43.2 Å². The first-order chi connectivity index (χ1) is 33.5. The largest absolute Gasteiger partial charge is 0.509 e. The average molecular weight is 1040 g/mol. The van der Waals surface area contributed by atoms with Gasteiger partial charge in [0, 0.05) is 31.1 Å². The average Bonchev–Trinajstić information content (AvgIpc) is 4.05. The molecule has 20 heteroatoms. The lowest BCUT2D eigenvalue weighted by molar-refractivity contribution is -0.323. The van der Waals surface area contributed by atoms with Crippen molar-refractivity contribution >= 4 is 76.7 Å². The number of hydrogen-bond donors (Lipinski definition) is 2. The summed E-state index contributed by atoms with van der Waals surface area (Å²) in [4.78, 5) is 98.5. The molecule has 8 rings (SSSR count). The van der Waals surface area contributed by atoms with Crippen LogP contribution in [0.1, 0.15) is 81.4 Å². The van der Waals surface area contributed by atoms with Gasteiger partial charge in [0.25, 0.3) is 0 Å². The van der Waals surface area contributed by atoms with Gasteiger partial charge in [-0.1, -0.05) is 128 Å². The number of amides is 1. The molecule has 1 saturated heterocycles. The molecule has 3 saturated carbocycles. The van der Waals surface area contributed by atoms with E-state index in [0.29, 0.717) is 5.56 Å². The van der Waals surface area contributed by atoms with E-state index in [1.165, 1.54) is 38.1 Å². The lowest BCUT2D eigenvalue weighted by Crippen LogP contribution is -2.78. The van der Waals surface area contributed by atoms with Crippen molar-refractivity contribution in [2.45, 2.75) is 112 Å². The molecule has 17 nitrogen and oxygen atoms in total. The third kappa shape index (κ3) is 9.83. The summed E-state index contributed by atoms with van der Waals surface area (Å²) in [5.74, 6) is -6.14. The molecule has 0 radical (unpaired) electrons. The Bertz CT molecular complexity index is 2610. The molecular weight excluding hydrogens is 989 g/mol. The van der Waals surface area contributed by atoms with Gasteiger partial charge in [-0.2, -0.15) is 0 Å². The molecule has 1 amide bonds. The van der Waals surface area contributed by atoms with Crippen LogP contribution in [0.25, 0.3) is 0 Å². The number of ketones is 1. The van der Waals surface area contributed by atoms with E-state index in [-0.39, 0.29) is 48.3 Å². The molecular formula is C51H52Cl3NO16.